The van der Waals surface area contributed by atoms with Gasteiger partial charge < -0.3 is 4.90 Å². The van der Waals surface area contributed by atoms with E-state index in [1.54, 1.807) is 6.21 Å². The van der Waals surface area contributed by atoms with E-state index in [4.69, 9.17) is 11.6 Å². The largest absolute Gasteiger partial charge is 0.328 e. The van der Waals surface area contributed by atoms with E-state index in [9.17, 15) is 10.1 Å². The lowest BCUT2D eigenvalue weighted by atomic mass is 10.1. The molecular weight excluding hydrogens is 352 g/mol. The van der Waals surface area contributed by atoms with Crippen molar-refractivity contribution < 1.29 is 9.82 Å². The van der Waals surface area contributed by atoms with Crippen LogP contribution in [0.5, 0.6) is 0 Å². The van der Waals surface area contributed by atoms with Crippen LogP contribution in [0.25, 0.3) is 0 Å². The predicted octanol–water partition coefficient (Wildman–Crippen LogP) is 2.29. The van der Waals surface area contributed by atoms with Gasteiger partial charge in [-0.05, 0) is 13.0 Å². The number of benzene rings is 2. The Morgan fingerprint density at radius 2 is 1.92 bits per heavy atom. The number of non-ortho nitro benzene ring substituents is 1. The minimum Gasteiger partial charge on any atom is -0.328 e. The molecular formula is C19H22ClN4O2+. The Bertz CT molecular complexity index is 800. The van der Waals surface area contributed by atoms with Crippen molar-refractivity contribution in [3.8, 4) is 0 Å². The monoisotopic (exact) mass is 373 g/mol. The lowest BCUT2D eigenvalue weighted by Crippen LogP contribution is -3.13. The van der Waals surface area contributed by atoms with Crippen LogP contribution in [-0.4, -0.2) is 42.3 Å². The standard InChI is InChI=1S/C19H21ClN4O2/c1-15-2-4-16(5-3-15)14-22-8-10-23(11-9-22)21-13-17-12-18(24(25)26)6-7-19(17)20/h2-7,12-13H,8-11,14H2,1H3/p+1. The van der Waals surface area contributed by atoms with Crippen LogP contribution in [-0.2, 0) is 6.54 Å². The van der Waals surface area contributed by atoms with Crippen molar-refractivity contribution >= 4 is 23.5 Å². The number of halogens is 1. The zero-order valence-corrected chi connectivity index (χ0v) is 15.4. The van der Waals surface area contributed by atoms with Crippen LogP contribution in [0.1, 0.15) is 16.7 Å². The van der Waals surface area contributed by atoms with E-state index in [2.05, 4.69) is 36.3 Å². The second-order valence-corrected chi connectivity index (χ2v) is 6.98. The topological polar surface area (TPSA) is 63.2 Å². The van der Waals surface area contributed by atoms with Crippen LogP contribution in [0.2, 0.25) is 5.02 Å². The first kappa shape index (κ1) is 18.4. The summed E-state index contributed by atoms with van der Waals surface area (Å²) in [4.78, 5) is 12.0. The predicted molar refractivity (Wildman–Crippen MR) is 103 cm³/mol. The molecule has 0 aliphatic carbocycles. The molecule has 2 aromatic rings. The first-order valence-corrected chi connectivity index (χ1v) is 9.01. The summed E-state index contributed by atoms with van der Waals surface area (Å²) in [6, 6.07) is 13.1. The van der Waals surface area contributed by atoms with E-state index in [0.717, 1.165) is 32.7 Å². The van der Waals surface area contributed by atoms with Gasteiger partial charge in [-0.3, -0.25) is 15.1 Å². The lowest BCUT2D eigenvalue weighted by Gasteiger charge is -2.30. The molecule has 1 heterocycles. The average molecular weight is 374 g/mol. The molecule has 136 valence electrons. The summed E-state index contributed by atoms with van der Waals surface area (Å²) in [5, 5.41) is 17.8. The van der Waals surface area contributed by atoms with Crippen LogP contribution in [0.3, 0.4) is 0 Å². The van der Waals surface area contributed by atoms with E-state index >= 15 is 0 Å². The molecule has 0 bridgehead atoms. The van der Waals surface area contributed by atoms with Gasteiger partial charge in [0.25, 0.3) is 5.69 Å². The summed E-state index contributed by atoms with van der Waals surface area (Å²) in [6.07, 6.45) is 1.61. The van der Waals surface area contributed by atoms with Crippen molar-refractivity contribution in [1.82, 2.24) is 5.01 Å². The highest BCUT2D eigenvalue weighted by molar-refractivity contribution is 6.33. The zero-order chi connectivity index (χ0) is 18.5. The van der Waals surface area contributed by atoms with Gasteiger partial charge in [-0.25, -0.2) is 0 Å². The van der Waals surface area contributed by atoms with Crippen molar-refractivity contribution in [3.63, 3.8) is 0 Å². The molecule has 1 fully saturated rings. The maximum Gasteiger partial charge on any atom is 0.270 e. The highest BCUT2D eigenvalue weighted by Crippen LogP contribution is 2.20. The molecule has 2 aromatic carbocycles. The van der Waals surface area contributed by atoms with Gasteiger partial charge in [-0.1, -0.05) is 41.4 Å². The molecule has 3 rings (SSSR count). The first-order chi connectivity index (χ1) is 12.5. The molecule has 0 radical (unpaired) electrons. The van der Waals surface area contributed by atoms with Crippen molar-refractivity contribution in [2.75, 3.05) is 26.2 Å². The van der Waals surface area contributed by atoms with Crippen molar-refractivity contribution in [2.45, 2.75) is 13.5 Å². The number of quaternary nitrogens is 1. The zero-order valence-electron chi connectivity index (χ0n) is 14.7. The Morgan fingerprint density at radius 3 is 2.58 bits per heavy atom. The van der Waals surface area contributed by atoms with Gasteiger partial charge >= 0.3 is 0 Å². The third-order valence-electron chi connectivity index (χ3n) is 4.57. The fourth-order valence-corrected chi connectivity index (χ4v) is 3.15. The number of nitro benzene ring substituents is 1. The normalized spacial score (nSPS) is 15.5. The molecule has 0 saturated carbocycles. The summed E-state index contributed by atoms with van der Waals surface area (Å²) >= 11 is 6.11. The van der Waals surface area contributed by atoms with Crippen molar-refractivity contribution in [2.24, 2.45) is 5.10 Å². The van der Waals surface area contributed by atoms with Crippen LogP contribution >= 0.6 is 11.6 Å². The van der Waals surface area contributed by atoms with Gasteiger partial charge in [-0.15, -0.1) is 0 Å². The molecule has 0 aromatic heterocycles. The Morgan fingerprint density at radius 1 is 1.23 bits per heavy atom. The Kier molecular flexibility index (Phi) is 5.85. The molecule has 0 atom stereocenters. The second kappa shape index (κ2) is 8.29. The highest BCUT2D eigenvalue weighted by Gasteiger charge is 2.19. The molecule has 0 spiro atoms. The highest BCUT2D eigenvalue weighted by atomic mass is 35.5. The number of piperazine rings is 1. The smallest absolute Gasteiger partial charge is 0.270 e. The van der Waals surface area contributed by atoms with Gasteiger partial charge in [0.15, 0.2) is 0 Å². The van der Waals surface area contributed by atoms with Gasteiger partial charge in [-0.2, -0.15) is 5.10 Å². The van der Waals surface area contributed by atoms with E-state index < -0.39 is 4.92 Å². The van der Waals surface area contributed by atoms with Gasteiger partial charge in [0.1, 0.15) is 6.54 Å². The van der Waals surface area contributed by atoms with Crippen LogP contribution in [0.15, 0.2) is 47.6 Å². The fourth-order valence-electron chi connectivity index (χ4n) is 2.99. The maximum atomic E-state index is 10.9. The number of hydrogen-bond acceptors (Lipinski definition) is 4. The molecule has 6 nitrogen and oxygen atoms in total. The first-order valence-electron chi connectivity index (χ1n) is 8.63. The molecule has 0 amide bonds. The number of nitrogens with one attached hydrogen (secondary N) is 1. The maximum absolute atomic E-state index is 10.9. The average Bonchev–Trinajstić information content (AvgIpc) is 2.64. The lowest BCUT2D eigenvalue weighted by molar-refractivity contribution is -0.918. The number of hydrogen-bond donors (Lipinski definition) is 1. The number of nitrogens with zero attached hydrogens (tertiary/aromatic N) is 3. The van der Waals surface area contributed by atoms with Crippen LogP contribution in [0.4, 0.5) is 5.69 Å². The van der Waals surface area contributed by atoms with E-state index in [1.807, 2.05) is 5.01 Å². The molecule has 1 saturated heterocycles. The molecule has 26 heavy (non-hydrogen) atoms. The minimum absolute atomic E-state index is 0.0169. The summed E-state index contributed by atoms with van der Waals surface area (Å²) in [7, 11) is 0. The van der Waals surface area contributed by atoms with Crippen LogP contribution < -0.4 is 4.90 Å². The van der Waals surface area contributed by atoms with E-state index in [0.29, 0.717) is 10.6 Å². The van der Waals surface area contributed by atoms with E-state index in [-0.39, 0.29) is 5.69 Å². The number of aryl methyl sites for hydroxylation is 1. The summed E-state index contributed by atoms with van der Waals surface area (Å²) in [6.45, 7) is 6.84. The molecule has 0 unspecified atom stereocenters. The SMILES string of the molecule is Cc1ccc(C[NH+]2CCN(N=Cc3cc([N+](=O)[O-])ccc3Cl)CC2)cc1. The summed E-state index contributed by atoms with van der Waals surface area (Å²) in [5.41, 5.74) is 3.21. The molecule has 1 aliphatic heterocycles. The minimum atomic E-state index is -0.430. The summed E-state index contributed by atoms with van der Waals surface area (Å²) in [5.74, 6) is 0. The third kappa shape index (κ3) is 4.80. The van der Waals surface area contributed by atoms with Crippen molar-refractivity contribution in [1.29, 1.82) is 0 Å². The fraction of sp³-hybridized carbons (Fsp3) is 0.316. The van der Waals surface area contributed by atoms with Crippen LogP contribution in [0, 0.1) is 17.0 Å². The third-order valence-corrected chi connectivity index (χ3v) is 4.92. The van der Waals surface area contributed by atoms with Gasteiger partial charge in [0, 0.05) is 28.3 Å². The quantitative estimate of drug-likeness (QED) is 0.497. The molecule has 7 heteroatoms. The molecule has 1 N–H and O–H groups in total. The Labute approximate surface area is 157 Å². The van der Waals surface area contributed by atoms with Gasteiger partial charge in [0.05, 0.1) is 37.3 Å². The molecule has 1 aliphatic rings. The Hall–Kier alpha value is -2.44. The van der Waals surface area contributed by atoms with E-state index in [1.165, 1.54) is 34.2 Å². The van der Waals surface area contributed by atoms with Gasteiger partial charge in [0.2, 0.25) is 0 Å². The number of rotatable bonds is 5. The summed E-state index contributed by atoms with van der Waals surface area (Å²) < 4.78 is 0. The number of hydrazone groups is 1. The number of nitro groups is 1. The van der Waals surface area contributed by atoms with Crippen molar-refractivity contribution in [3.05, 3.63) is 74.3 Å². The Balaban J connectivity index is 1.55. The second-order valence-electron chi connectivity index (χ2n) is 6.57.